The zero-order valence-corrected chi connectivity index (χ0v) is 12.5. The maximum Gasteiger partial charge on any atom is 0.0239 e. The topological polar surface area (TPSA) is 15.3 Å². The molecule has 19 heavy (non-hydrogen) atoms. The monoisotopic (exact) mass is 260 g/mol. The van der Waals surface area contributed by atoms with Gasteiger partial charge in [-0.1, -0.05) is 37.6 Å². The van der Waals surface area contributed by atoms with E-state index in [1.807, 2.05) is 0 Å². The summed E-state index contributed by atoms with van der Waals surface area (Å²) in [5, 5.41) is 3.47. The lowest BCUT2D eigenvalue weighted by Crippen LogP contribution is -2.43. The Bertz CT molecular complexity index is 369. The molecule has 0 aliphatic carbocycles. The van der Waals surface area contributed by atoms with Crippen LogP contribution in [0.15, 0.2) is 24.3 Å². The maximum atomic E-state index is 3.47. The van der Waals surface area contributed by atoms with E-state index in [9.17, 15) is 0 Å². The number of benzene rings is 1. The van der Waals surface area contributed by atoms with Crippen molar-refractivity contribution in [2.75, 3.05) is 19.6 Å². The van der Waals surface area contributed by atoms with Crippen LogP contribution >= 0.6 is 0 Å². The minimum atomic E-state index is 0.771. The van der Waals surface area contributed by atoms with E-state index < -0.39 is 0 Å². The normalized spacial score (nSPS) is 17.0. The summed E-state index contributed by atoms with van der Waals surface area (Å²) in [7, 11) is 0. The second-order valence-electron chi connectivity index (χ2n) is 5.73. The van der Waals surface area contributed by atoms with Gasteiger partial charge in [0.25, 0.3) is 0 Å². The molecule has 0 aromatic heterocycles. The third-order valence-electron chi connectivity index (χ3n) is 4.26. The van der Waals surface area contributed by atoms with Gasteiger partial charge in [-0.2, -0.15) is 0 Å². The number of rotatable bonds is 6. The first kappa shape index (κ1) is 14.5. The van der Waals surface area contributed by atoms with Crippen molar-refractivity contribution in [1.29, 1.82) is 0 Å². The minimum Gasteiger partial charge on any atom is -0.317 e. The van der Waals surface area contributed by atoms with Crippen molar-refractivity contribution in [2.45, 2.75) is 52.1 Å². The fourth-order valence-corrected chi connectivity index (χ4v) is 2.93. The Morgan fingerprint density at radius 3 is 2.63 bits per heavy atom. The van der Waals surface area contributed by atoms with Crippen molar-refractivity contribution < 1.29 is 0 Å². The summed E-state index contributed by atoms with van der Waals surface area (Å²) < 4.78 is 0. The molecule has 106 valence electrons. The first-order chi connectivity index (χ1) is 9.31. The number of hydrogen-bond donors (Lipinski definition) is 1. The van der Waals surface area contributed by atoms with Gasteiger partial charge in [-0.25, -0.2) is 0 Å². The molecule has 1 heterocycles. The average Bonchev–Trinajstić information content (AvgIpc) is 2.46. The number of nitrogens with zero attached hydrogens (tertiary/aromatic N) is 1. The Morgan fingerprint density at radius 1 is 1.21 bits per heavy atom. The van der Waals surface area contributed by atoms with Gasteiger partial charge in [-0.3, -0.25) is 4.90 Å². The lowest BCUT2D eigenvalue weighted by Gasteiger charge is -2.35. The third kappa shape index (κ3) is 4.32. The highest BCUT2D eigenvalue weighted by molar-refractivity contribution is 5.25. The molecule has 1 N–H and O–H groups in total. The summed E-state index contributed by atoms with van der Waals surface area (Å²) in [6, 6.07) is 9.60. The highest BCUT2D eigenvalue weighted by atomic mass is 15.2. The summed E-state index contributed by atoms with van der Waals surface area (Å²) in [5.74, 6) is 0. The molecule has 0 radical (unpaired) electrons. The van der Waals surface area contributed by atoms with Crippen molar-refractivity contribution in [1.82, 2.24) is 10.2 Å². The number of unbranched alkanes of at least 4 members (excludes halogenated alkanes) is 1. The van der Waals surface area contributed by atoms with Crippen molar-refractivity contribution in [3.63, 3.8) is 0 Å². The molecule has 0 saturated carbocycles. The smallest absolute Gasteiger partial charge is 0.0239 e. The largest absolute Gasteiger partial charge is 0.317 e. The van der Waals surface area contributed by atoms with Gasteiger partial charge in [0.15, 0.2) is 0 Å². The fraction of sp³-hybridized carbons (Fsp3) is 0.647. The molecule has 1 aromatic carbocycles. The zero-order valence-electron chi connectivity index (χ0n) is 12.5. The molecule has 0 bridgehead atoms. The first-order valence-corrected chi connectivity index (χ1v) is 7.80. The van der Waals surface area contributed by atoms with Gasteiger partial charge in [0.2, 0.25) is 0 Å². The van der Waals surface area contributed by atoms with Crippen molar-refractivity contribution >= 4 is 0 Å². The summed E-state index contributed by atoms with van der Waals surface area (Å²) in [6.45, 7) is 9.25. The molecule has 0 atom stereocenters. The average molecular weight is 260 g/mol. The summed E-state index contributed by atoms with van der Waals surface area (Å²) >= 11 is 0. The third-order valence-corrected chi connectivity index (χ3v) is 4.26. The second-order valence-corrected chi connectivity index (χ2v) is 5.73. The predicted octanol–water partition coefficient (Wildman–Crippen LogP) is 3.35. The quantitative estimate of drug-likeness (QED) is 0.844. The molecule has 1 fully saturated rings. The van der Waals surface area contributed by atoms with Gasteiger partial charge < -0.3 is 5.32 Å². The fourth-order valence-electron chi connectivity index (χ4n) is 2.93. The van der Waals surface area contributed by atoms with E-state index in [0.717, 1.165) is 12.6 Å². The molecular weight excluding hydrogens is 232 g/mol. The van der Waals surface area contributed by atoms with Gasteiger partial charge in [-0.15, -0.1) is 0 Å². The van der Waals surface area contributed by atoms with E-state index in [1.165, 1.54) is 56.4 Å². The van der Waals surface area contributed by atoms with Crippen molar-refractivity contribution in [3.05, 3.63) is 35.4 Å². The van der Waals surface area contributed by atoms with Crippen LogP contribution in [0.4, 0.5) is 0 Å². The maximum absolute atomic E-state index is 3.47. The van der Waals surface area contributed by atoms with Crippen molar-refractivity contribution in [2.24, 2.45) is 0 Å². The Balaban J connectivity index is 2.02. The minimum absolute atomic E-state index is 0.771. The van der Waals surface area contributed by atoms with Crippen LogP contribution in [0.5, 0.6) is 0 Å². The number of hydrogen-bond acceptors (Lipinski definition) is 2. The Hall–Kier alpha value is -0.860. The summed E-state index contributed by atoms with van der Waals surface area (Å²) in [4.78, 5) is 2.71. The van der Waals surface area contributed by atoms with E-state index in [1.54, 1.807) is 0 Å². The second kappa shape index (κ2) is 7.66. The van der Waals surface area contributed by atoms with Crippen LogP contribution in [0, 0.1) is 6.92 Å². The molecule has 1 aliphatic rings. The van der Waals surface area contributed by atoms with Gasteiger partial charge in [-0.05, 0) is 56.9 Å². The van der Waals surface area contributed by atoms with E-state index in [-0.39, 0.29) is 0 Å². The molecular formula is C17H28N2. The van der Waals surface area contributed by atoms with Crippen LogP contribution in [0.3, 0.4) is 0 Å². The van der Waals surface area contributed by atoms with E-state index in [2.05, 4.69) is 48.3 Å². The Labute approximate surface area is 118 Å². The first-order valence-electron chi connectivity index (χ1n) is 7.80. The summed E-state index contributed by atoms with van der Waals surface area (Å²) in [5.41, 5.74) is 2.93. The van der Waals surface area contributed by atoms with Gasteiger partial charge in [0.1, 0.15) is 0 Å². The van der Waals surface area contributed by atoms with E-state index >= 15 is 0 Å². The summed E-state index contributed by atoms with van der Waals surface area (Å²) in [6.07, 6.45) is 5.20. The molecule has 2 heteroatoms. The SMILES string of the molecule is CCCCN(Cc1ccccc1C)C1CCNCC1. The van der Waals surface area contributed by atoms with Crippen LogP contribution in [0.1, 0.15) is 43.7 Å². The standard InChI is InChI=1S/C17H28N2/c1-3-4-13-19(17-9-11-18-12-10-17)14-16-8-6-5-7-15(16)2/h5-8,17-18H,3-4,9-14H2,1-2H3. The van der Waals surface area contributed by atoms with Crippen LogP contribution in [-0.4, -0.2) is 30.6 Å². The Morgan fingerprint density at radius 2 is 1.95 bits per heavy atom. The molecule has 0 unspecified atom stereocenters. The predicted molar refractivity (Wildman–Crippen MR) is 82.4 cm³/mol. The van der Waals surface area contributed by atoms with E-state index in [0.29, 0.717) is 0 Å². The molecule has 0 spiro atoms. The molecule has 1 saturated heterocycles. The van der Waals surface area contributed by atoms with Crippen LogP contribution < -0.4 is 5.32 Å². The lowest BCUT2D eigenvalue weighted by atomic mass is 10.0. The van der Waals surface area contributed by atoms with Gasteiger partial charge >= 0.3 is 0 Å². The van der Waals surface area contributed by atoms with Crippen LogP contribution in [0.2, 0.25) is 0 Å². The number of piperidine rings is 1. The van der Waals surface area contributed by atoms with E-state index in [4.69, 9.17) is 0 Å². The van der Waals surface area contributed by atoms with Gasteiger partial charge in [0, 0.05) is 12.6 Å². The molecule has 0 amide bonds. The number of aryl methyl sites for hydroxylation is 1. The molecule has 1 aromatic rings. The highest BCUT2D eigenvalue weighted by Crippen LogP contribution is 2.18. The Kier molecular flexibility index (Phi) is 5.87. The molecule has 2 nitrogen and oxygen atoms in total. The molecule has 1 aliphatic heterocycles. The van der Waals surface area contributed by atoms with Gasteiger partial charge in [0.05, 0.1) is 0 Å². The highest BCUT2D eigenvalue weighted by Gasteiger charge is 2.20. The lowest BCUT2D eigenvalue weighted by molar-refractivity contribution is 0.151. The van der Waals surface area contributed by atoms with Crippen LogP contribution in [-0.2, 0) is 6.54 Å². The van der Waals surface area contributed by atoms with Crippen LogP contribution in [0.25, 0.3) is 0 Å². The van der Waals surface area contributed by atoms with Crippen molar-refractivity contribution in [3.8, 4) is 0 Å². The number of nitrogens with one attached hydrogen (secondary N) is 1. The zero-order chi connectivity index (χ0) is 13.5. The molecule has 2 rings (SSSR count).